The van der Waals surface area contributed by atoms with Gasteiger partial charge in [-0.2, -0.15) is 5.10 Å². The van der Waals surface area contributed by atoms with Crippen molar-refractivity contribution in [2.45, 2.75) is 12.2 Å². The molecule has 0 radical (unpaired) electrons. The highest BCUT2D eigenvalue weighted by Crippen LogP contribution is 2.43. The van der Waals surface area contributed by atoms with E-state index in [1.807, 2.05) is 25.1 Å². The van der Waals surface area contributed by atoms with Crippen LogP contribution in [0.4, 0.5) is 10.2 Å². The molecule has 1 atom stereocenters. The van der Waals surface area contributed by atoms with E-state index in [9.17, 15) is 9.18 Å². The van der Waals surface area contributed by atoms with Crippen LogP contribution in [0.2, 0.25) is 5.02 Å². The molecule has 4 nitrogen and oxygen atoms in total. The number of rotatable bonds is 2. The zero-order valence-corrected chi connectivity index (χ0v) is 15.4. The normalized spacial score (nSPS) is 16.7. The number of aryl methyl sites for hydroxylation is 1. The number of carbonyl (C=O) groups is 1. The third-order valence-corrected chi connectivity index (χ3v) is 5.75. The van der Waals surface area contributed by atoms with E-state index >= 15 is 0 Å². The fourth-order valence-electron chi connectivity index (χ4n) is 3.09. The largest absolute Gasteiger partial charge is 0.310 e. The van der Waals surface area contributed by atoms with Gasteiger partial charge in [0.25, 0.3) is 0 Å². The van der Waals surface area contributed by atoms with Gasteiger partial charge in [-0.15, -0.1) is 11.8 Å². The lowest BCUT2D eigenvalue weighted by atomic mass is 10.0. The first kappa shape index (κ1) is 17.1. The molecule has 1 N–H and O–H groups in total. The highest BCUT2D eigenvalue weighted by atomic mass is 35.5. The van der Waals surface area contributed by atoms with Gasteiger partial charge in [0.05, 0.1) is 22.4 Å². The quantitative estimate of drug-likeness (QED) is 0.690. The van der Waals surface area contributed by atoms with Crippen LogP contribution in [0.25, 0.3) is 5.69 Å². The summed E-state index contributed by atoms with van der Waals surface area (Å²) in [6.45, 7) is 1.90. The van der Waals surface area contributed by atoms with Gasteiger partial charge in [0.15, 0.2) is 0 Å². The Bertz CT molecular complexity index is 987. The van der Waals surface area contributed by atoms with Gasteiger partial charge in [-0.1, -0.05) is 23.7 Å². The summed E-state index contributed by atoms with van der Waals surface area (Å²) < 4.78 is 15.5. The molecule has 1 aliphatic heterocycles. The third kappa shape index (κ3) is 3.10. The van der Waals surface area contributed by atoms with Crippen molar-refractivity contribution in [3.63, 3.8) is 0 Å². The number of thioether (sulfide) groups is 1. The van der Waals surface area contributed by atoms with E-state index < -0.39 is 0 Å². The molecule has 4 rings (SSSR count). The molecule has 132 valence electrons. The number of hydrogen-bond acceptors (Lipinski definition) is 3. The molecular formula is C19H15ClFN3OS. The SMILES string of the molecule is Cc1nn(-c2ccc(Cl)cc2)c2c1[C@H](c1cccc(F)c1)SCC(=O)N2. The zero-order chi connectivity index (χ0) is 18.3. The molecular weight excluding hydrogens is 373 g/mol. The van der Waals surface area contributed by atoms with Gasteiger partial charge < -0.3 is 5.32 Å². The van der Waals surface area contributed by atoms with E-state index in [1.165, 1.54) is 23.9 Å². The summed E-state index contributed by atoms with van der Waals surface area (Å²) in [5.41, 5.74) is 3.29. The molecule has 0 aliphatic carbocycles. The maximum Gasteiger partial charge on any atom is 0.235 e. The number of aromatic nitrogens is 2. The molecule has 1 aliphatic rings. The third-order valence-electron chi connectivity index (χ3n) is 4.23. The maximum absolute atomic E-state index is 13.8. The monoisotopic (exact) mass is 387 g/mol. The summed E-state index contributed by atoms with van der Waals surface area (Å²) >= 11 is 7.45. The predicted octanol–water partition coefficient (Wildman–Crippen LogP) is 4.75. The van der Waals surface area contributed by atoms with Gasteiger partial charge in [-0.05, 0) is 48.9 Å². The Kier molecular flexibility index (Phi) is 4.46. The van der Waals surface area contributed by atoms with Gasteiger partial charge in [0.2, 0.25) is 5.91 Å². The van der Waals surface area contributed by atoms with Crippen LogP contribution in [-0.4, -0.2) is 21.4 Å². The molecule has 2 heterocycles. The summed E-state index contributed by atoms with van der Waals surface area (Å²) in [5.74, 6) is 0.505. The molecule has 7 heteroatoms. The summed E-state index contributed by atoms with van der Waals surface area (Å²) in [4.78, 5) is 12.3. The molecule has 26 heavy (non-hydrogen) atoms. The standard InChI is InChI=1S/C19H15ClFN3OS/c1-11-17-18(12-3-2-4-14(21)9-12)26-10-16(25)22-19(17)24(23-11)15-7-5-13(20)6-8-15/h2-9,18H,10H2,1H3,(H,22,25)/t18-/m0/s1. The molecule has 0 fully saturated rings. The van der Waals surface area contributed by atoms with Gasteiger partial charge in [-0.25, -0.2) is 9.07 Å². The topological polar surface area (TPSA) is 46.9 Å². The predicted molar refractivity (Wildman–Crippen MR) is 103 cm³/mol. The molecule has 0 unspecified atom stereocenters. The first-order valence-electron chi connectivity index (χ1n) is 8.05. The van der Waals surface area contributed by atoms with Crippen molar-refractivity contribution in [2.24, 2.45) is 0 Å². The van der Waals surface area contributed by atoms with Crippen LogP contribution in [0.15, 0.2) is 48.5 Å². The van der Waals surface area contributed by atoms with Crippen molar-refractivity contribution in [1.82, 2.24) is 9.78 Å². The van der Waals surface area contributed by atoms with Crippen molar-refractivity contribution in [2.75, 3.05) is 11.1 Å². The summed E-state index contributed by atoms with van der Waals surface area (Å²) in [7, 11) is 0. The Labute approximate surface area is 159 Å². The Morgan fingerprint density at radius 3 is 2.77 bits per heavy atom. The van der Waals surface area contributed by atoms with E-state index in [-0.39, 0.29) is 22.7 Å². The van der Waals surface area contributed by atoms with Crippen molar-refractivity contribution in [3.05, 3.63) is 76.2 Å². The van der Waals surface area contributed by atoms with E-state index in [4.69, 9.17) is 11.6 Å². The Morgan fingerprint density at radius 1 is 1.27 bits per heavy atom. The lowest BCUT2D eigenvalue weighted by Gasteiger charge is -2.15. The zero-order valence-electron chi connectivity index (χ0n) is 13.9. The summed E-state index contributed by atoms with van der Waals surface area (Å²) in [6.07, 6.45) is 0. The molecule has 1 aromatic heterocycles. The van der Waals surface area contributed by atoms with Gasteiger partial charge >= 0.3 is 0 Å². The maximum atomic E-state index is 13.8. The van der Waals surface area contributed by atoms with E-state index in [1.54, 1.807) is 22.9 Å². The number of nitrogens with zero attached hydrogens (tertiary/aromatic N) is 2. The second-order valence-electron chi connectivity index (χ2n) is 6.03. The van der Waals surface area contributed by atoms with Crippen molar-refractivity contribution >= 4 is 35.1 Å². The molecule has 3 aromatic rings. The fraction of sp³-hybridized carbons (Fsp3) is 0.158. The number of benzene rings is 2. The number of anilines is 1. The molecule has 0 saturated heterocycles. The first-order valence-corrected chi connectivity index (χ1v) is 9.48. The minimum Gasteiger partial charge on any atom is -0.310 e. The minimum atomic E-state index is -0.295. The molecule has 0 saturated carbocycles. The average Bonchev–Trinajstić information content (AvgIpc) is 2.82. The van der Waals surface area contributed by atoms with Gasteiger partial charge in [0.1, 0.15) is 11.6 Å². The van der Waals surface area contributed by atoms with Crippen LogP contribution in [-0.2, 0) is 4.79 Å². The number of hydrogen-bond donors (Lipinski definition) is 1. The van der Waals surface area contributed by atoms with Crippen molar-refractivity contribution in [1.29, 1.82) is 0 Å². The van der Waals surface area contributed by atoms with Crippen LogP contribution in [0, 0.1) is 12.7 Å². The average molecular weight is 388 g/mol. The minimum absolute atomic E-state index is 0.106. The van der Waals surface area contributed by atoms with Crippen LogP contribution in [0.5, 0.6) is 0 Å². The lowest BCUT2D eigenvalue weighted by molar-refractivity contribution is -0.113. The van der Waals surface area contributed by atoms with Crippen LogP contribution in [0.1, 0.15) is 22.1 Å². The van der Waals surface area contributed by atoms with E-state index in [0.29, 0.717) is 10.8 Å². The van der Waals surface area contributed by atoms with Crippen LogP contribution < -0.4 is 5.32 Å². The van der Waals surface area contributed by atoms with E-state index in [0.717, 1.165) is 22.5 Å². The number of halogens is 2. The Balaban J connectivity index is 1.89. The van der Waals surface area contributed by atoms with Crippen molar-refractivity contribution in [3.8, 4) is 5.69 Å². The first-order chi connectivity index (χ1) is 12.5. The highest BCUT2D eigenvalue weighted by Gasteiger charge is 2.30. The second kappa shape index (κ2) is 6.78. The van der Waals surface area contributed by atoms with Crippen molar-refractivity contribution < 1.29 is 9.18 Å². The second-order valence-corrected chi connectivity index (χ2v) is 7.56. The number of carbonyl (C=O) groups excluding carboxylic acids is 1. The number of fused-ring (bicyclic) bond motifs is 1. The van der Waals surface area contributed by atoms with Gasteiger partial charge in [0, 0.05) is 10.6 Å². The smallest absolute Gasteiger partial charge is 0.235 e. The molecule has 1 amide bonds. The van der Waals surface area contributed by atoms with Crippen LogP contribution in [0.3, 0.4) is 0 Å². The van der Waals surface area contributed by atoms with Gasteiger partial charge in [-0.3, -0.25) is 4.79 Å². The Morgan fingerprint density at radius 2 is 2.04 bits per heavy atom. The van der Waals surface area contributed by atoms with Crippen LogP contribution >= 0.6 is 23.4 Å². The molecule has 0 bridgehead atoms. The summed E-state index contributed by atoms with van der Waals surface area (Å²) in [5, 5.41) is 8.02. The molecule has 2 aromatic carbocycles. The summed E-state index contributed by atoms with van der Waals surface area (Å²) in [6, 6.07) is 13.7. The highest BCUT2D eigenvalue weighted by molar-refractivity contribution is 8.00. The Hall–Kier alpha value is -2.31. The number of nitrogens with one attached hydrogen (secondary N) is 1. The molecule has 0 spiro atoms. The fourth-order valence-corrected chi connectivity index (χ4v) is 4.39. The lowest BCUT2D eigenvalue weighted by Crippen LogP contribution is -2.15. The number of amides is 1. The van der Waals surface area contributed by atoms with E-state index in [2.05, 4.69) is 10.4 Å².